The summed E-state index contributed by atoms with van der Waals surface area (Å²) < 4.78 is 46.5. The summed E-state index contributed by atoms with van der Waals surface area (Å²) in [7, 11) is 1.68. The summed E-state index contributed by atoms with van der Waals surface area (Å²) in [5.41, 5.74) is 0.910. The molecule has 9 heteroatoms. The molecule has 27 heavy (non-hydrogen) atoms. The summed E-state index contributed by atoms with van der Waals surface area (Å²) in [6.45, 7) is 5.63. The largest absolute Gasteiger partial charge is 0.484 e. The van der Waals surface area contributed by atoms with Crippen LogP contribution in [0.2, 0.25) is 0 Å². The summed E-state index contributed by atoms with van der Waals surface area (Å²) in [5.74, 6) is 1.38. The number of guanidine groups is 1. The van der Waals surface area contributed by atoms with Crippen LogP contribution in [0.1, 0.15) is 25.8 Å². The van der Waals surface area contributed by atoms with Crippen LogP contribution < -0.4 is 15.4 Å². The summed E-state index contributed by atoms with van der Waals surface area (Å²) in [6.07, 6.45) is -3.46. The van der Waals surface area contributed by atoms with Crippen molar-refractivity contribution in [1.29, 1.82) is 0 Å². The first kappa shape index (κ1) is 25.8. The number of rotatable bonds is 10. The van der Waals surface area contributed by atoms with Gasteiger partial charge in [0.15, 0.2) is 12.6 Å². The Morgan fingerprint density at radius 2 is 1.81 bits per heavy atom. The predicted octanol–water partition coefficient (Wildman–Crippen LogP) is 3.97. The lowest BCUT2D eigenvalue weighted by Crippen LogP contribution is -2.37. The first-order valence-corrected chi connectivity index (χ1v) is 8.61. The lowest BCUT2D eigenvalue weighted by atomic mass is 10.2. The Morgan fingerprint density at radius 1 is 1.15 bits per heavy atom. The fraction of sp³-hybridized carbons (Fsp3) is 0.611. The van der Waals surface area contributed by atoms with Gasteiger partial charge < -0.3 is 20.1 Å². The fourth-order valence-electron chi connectivity index (χ4n) is 1.98. The van der Waals surface area contributed by atoms with Crippen LogP contribution >= 0.6 is 24.0 Å². The number of nitrogens with zero attached hydrogens (tertiary/aromatic N) is 1. The van der Waals surface area contributed by atoms with E-state index in [1.165, 1.54) is 12.1 Å². The van der Waals surface area contributed by atoms with Gasteiger partial charge >= 0.3 is 6.18 Å². The van der Waals surface area contributed by atoms with Crippen molar-refractivity contribution in [3.8, 4) is 5.75 Å². The molecule has 2 N–H and O–H groups in total. The topological polar surface area (TPSA) is 54.9 Å². The number of aliphatic imine (C=N–C) groups is 1. The standard InChI is InChI=1S/C18H28F3N3O2.HI/c1-14(2)12-25-10-4-9-23-17(22-3)24-11-15-5-7-16(8-6-15)26-13-18(19,20)21;/h5-8,14H,4,9-13H2,1-3H3,(H2,22,23,24);1H. The van der Waals surface area contributed by atoms with Crippen molar-refractivity contribution in [2.24, 2.45) is 10.9 Å². The summed E-state index contributed by atoms with van der Waals surface area (Å²) >= 11 is 0. The normalized spacial score (nSPS) is 11.9. The molecule has 1 aromatic carbocycles. The number of hydrogen-bond acceptors (Lipinski definition) is 3. The van der Waals surface area contributed by atoms with Crippen molar-refractivity contribution in [1.82, 2.24) is 10.6 Å². The summed E-state index contributed by atoms with van der Waals surface area (Å²) in [5, 5.41) is 6.33. The third-order valence-corrected chi connectivity index (χ3v) is 3.22. The smallest absolute Gasteiger partial charge is 0.422 e. The van der Waals surface area contributed by atoms with Crippen molar-refractivity contribution in [3.63, 3.8) is 0 Å². The van der Waals surface area contributed by atoms with E-state index in [2.05, 4.69) is 34.2 Å². The zero-order chi connectivity index (χ0) is 19.4. The first-order valence-electron chi connectivity index (χ1n) is 8.61. The number of hydrogen-bond donors (Lipinski definition) is 2. The molecule has 156 valence electrons. The molecule has 0 heterocycles. The Balaban J connectivity index is 0.00000676. The van der Waals surface area contributed by atoms with Crippen LogP contribution in [0.5, 0.6) is 5.75 Å². The number of alkyl halides is 3. The second-order valence-corrected chi connectivity index (χ2v) is 6.22. The highest BCUT2D eigenvalue weighted by molar-refractivity contribution is 14.0. The maximum absolute atomic E-state index is 12.1. The molecule has 0 amide bonds. The molecule has 0 fully saturated rings. The Morgan fingerprint density at radius 3 is 2.37 bits per heavy atom. The van der Waals surface area contributed by atoms with Crippen molar-refractivity contribution < 1.29 is 22.6 Å². The molecule has 0 bridgehead atoms. The second-order valence-electron chi connectivity index (χ2n) is 6.22. The van der Waals surface area contributed by atoms with E-state index >= 15 is 0 Å². The van der Waals surface area contributed by atoms with Gasteiger partial charge in [0.1, 0.15) is 5.75 Å². The van der Waals surface area contributed by atoms with E-state index in [-0.39, 0.29) is 29.7 Å². The van der Waals surface area contributed by atoms with Gasteiger partial charge in [0, 0.05) is 33.4 Å². The number of nitrogens with one attached hydrogen (secondary N) is 2. The average Bonchev–Trinajstić information content (AvgIpc) is 2.58. The van der Waals surface area contributed by atoms with E-state index in [9.17, 15) is 13.2 Å². The molecule has 0 aliphatic rings. The zero-order valence-corrected chi connectivity index (χ0v) is 18.3. The van der Waals surface area contributed by atoms with Crippen LogP contribution in [0.25, 0.3) is 0 Å². The molecular formula is C18H29F3IN3O2. The zero-order valence-electron chi connectivity index (χ0n) is 15.9. The molecule has 0 saturated carbocycles. The molecule has 0 aliphatic carbocycles. The van der Waals surface area contributed by atoms with E-state index in [4.69, 9.17) is 4.74 Å². The third kappa shape index (κ3) is 13.6. The van der Waals surface area contributed by atoms with Crippen LogP contribution in [-0.2, 0) is 11.3 Å². The van der Waals surface area contributed by atoms with E-state index in [0.717, 1.165) is 25.1 Å². The predicted molar refractivity (Wildman–Crippen MR) is 112 cm³/mol. The quantitative estimate of drug-likeness (QED) is 0.220. The van der Waals surface area contributed by atoms with Gasteiger partial charge in [-0.25, -0.2) is 0 Å². The Hall–Kier alpha value is -1.23. The highest BCUT2D eigenvalue weighted by Gasteiger charge is 2.28. The minimum atomic E-state index is -4.34. The van der Waals surface area contributed by atoms with Gasteiger partial charge in [0.25, 0.3) is 0 Å². The van der Waals surface area contributed by atoms with E-state index in [1.54, 1.807) is 19.2 Å². The van der Waals surface area contributed by atoms with Crippen molar-refractivity contribution in [2.75, 3.05) is 33.4 Å². The maximum Gasteiger partial charge on any atom is 0.422 e. The maximum atomic E-state index is 12.1. The van der Waals surface area contributed by atoms with E-state index in [1.807, 2.05) is 0 Å². The SMILES string of the molecule is CN=C(NCCCOCC(C)C)NCc1ccc(OCC(F)(F)F)cc1.I. The van der Waals surface area contributed by atoms with Crippen molar-refractivity contribution >= 4 is 29.9 Å². The minimum Gasteiger partial charge on any atom is -0.484 e. The average molecular weight is 503 g/mol. The Bertz CT molecular complexity index is 538. The Labute approximate surface area is 176 Å². The molecule has 0 saturated heterocycles. The van der Waals surface area contributed by atoms with Gasteiger partial charge in [-0.2, -0.15) is 13.2 Å². The second kappa shape index (κ2) is 13.9. The monoisotopic (exact) mass is 503 g/mol. The van der Waals surface area contributed by atoms with Gasteiger partial charge in [-0.05, 0) is 30.0 Å². The third-order valence-electron chi connectivity index (χ3n) is 3.22. The molecule has 0 spiro atoms. The van der Waals surface area contributed by atoms with Gasteiger partial charge in [-0.15, -0.1) is 24.0 Å². The molecule has 5 nitrogen and oxygen atoms in total. The molecule has 0 aromatic heterocycles. The molecule has 1 aromatic rings. The Kier molecular flexibility index (Phi) is 13.2. The minimum absolute atomic E-state index is 0. The van der Waals surface area contributed by atoms with Crippen LogP contribution in [0.3, 0.4) is 0 Å². The van der Waals surface area contributed by atoms with Gasteiger partial charge in [0.05, 0.1) is 0 Å². The summed E-state index contributed by atoms with van der Waals surface area (Å²) in [6, 6.07) is 6.47. The van der Waals surface area contributed by atoms with Gasteiger partial charge in [-0.1, -0.05) is 26.0 Å². The molecule has 0 atom stereocenters. The number of ether oxygens (including phenoxy) is 2. The van der Waals surface area contributed by atoms with E-state index in [0.29, 0.717) is 25.0 Å². The van der Waals surface area contributed by atoms with E-state index < -0.39 is 12.8 Å². The van der Waals surface area contributed by atoms with Crippen LogP contribution in [0, 0.1) is 5.92 Å². The van der Waals surface area contributed by atoms with Gasteiger partial charge in [0.2, 0.25) is 0 Å². The molecular weight excluding hydrogens is 474 g/mol. The van der Waals surface area contributed by atoms with Crippen LogP contribution in [-0.4, -0.2) is 45.5 Å². The molecule has 1 rings (SSSR count). The van der Waals surface area contributed by atoms with Crippen LogP contribution in [0.4, 0.5) is 13.2 Å². The fourth-order valence-corrected chi connectivity index (χ4v) is 1.98. The lowest BCUT2D eigenvalue weighted by Gasteiger charge is -2.13. The van der Waals surface area contributed by atoms with Crippen molar-refractivity contribution in [3.05, 3.63) is 29.8 Å². The molecule has 0 aliphatic heterocycles. The number of halogens is 4. The molecule has 0 unspecified atom stereocenters. The highest BCUT2D eigenvalue weighted by atomic mass is 127. The lowest BCUT2D eigenvalue weighted by molar-refractivity contribution is -0.153. The van der Waals surface area contributed by atoms with Gasteiger partial charge in [-0.3, -0.25) is 4.99 Å². The first-order chi connectivity index (χ1) is 12.3. The highest BCUT2D eigenvalue weighted by Crippen LogP contribution is 2.18. The summed E-state index contributed by atoms with van der Waals surface area (Å²) in [4.78, 5) is 4.13. The van der Waals surface area contributed by atoms with Crippen LogP contribution in [0.15, 0.2) is 29.3 Å². The molecule has 0 radical (unpaired) electrons. The van der Waals surface area contributed by atoms with Crippen molar-refractivity contribution in [2.45, 2.75) is 33.0 Å². The number of benzene rings is 1.